The molecule has 0 fully saturated rings. The Morgan fingerprint density at radius 2 is 2.04 bits per heavy atom. The molecule has 0 saturated carbocycles. The average Bonchev–Trinajstić information content (AvgIpc) is 3.23. The minimum atomic E-state index is -0.423. The number of carbonyl (C=O) groups is 2. The topological polar surface area (TPSA) is 73.3 Å². The zero-order valence-electron chi connectivity index (χ0n) is 13.1. The summed E-state index contributed by atoms with van der Waals surface area (Å²) in [5, 5.41) is 0. The van der Waals surface area contributed by atoms with Gasteiger partial charge >= 0.3 is 5.97 Å². The first kappa shape index (κ1) is 14.3. The highest BCUT2D eigenvalue weighted by molar-refractivity contribution is 6.14. The standard InChI is InChI=1S/C18H14N2O4/c1-10(21)24-15-8-11(5-6-14(15)23-2)12-9-19-16-17(12)20-7-3-4-13(20)18(16)22/h3-9,19H,1-2H3. The summed E-state index contributed by atoms with van der Waals surface area (Å²) >= 11 is 0. The Morgan fingerprint density at radius 1 is 1.21 bits per heavy atom. The molecule has 1 N–H and O–H groups in total. The lowest BCUT2D eigenvalue weighted by Crippen LogP contribution is -2.03. The number of nitrogens with one attached hydrogen (secondary N) is 1. The average molecular weight is 322 g/mol. The molecule has 2 aromatic heterocycles. The number of aromatic amines is 1. The van der Waals surface area contributed by atoms with Gasteiger partial charge in [-0.25, -0.2) is 0 Å². The fraction of sp³-hybridized carbons (Fsp3) is 0.111. The van der Waals surface area contributed by atoms with Crippen LogP contribution in [0.5, 0.6) is 11.5 Å². The van der Waals surface area contributed by atoms with Crippen molar-refractivity contribution in [2.24, 2.45) is 0 Å². The third-order valence-electron chi connectivity index (χ3n) is 4.03. The maximum absolute atomic E-state index is 12.4. The first-order chi connectivity index (χ1) is 11.6. The van der Waals surface area contributed by atoms with Crippen molar-refractivity contribution in [3.05, 3.63) is 54.1 Å². The predicted molar refractivity (Wildman–Crippen MR) is 86.8 cm³/mol. The predicted octanol–water partition coefficient (Wildman–Crippen LogP) is 2.95. The Balaban J connectivity index is 1.87. The van der Waals surface area contributed by atoms with E-state index in [4.69, 9.17) is 9.47 Å². The number of rotatable bonds is 3. The summed E-state index contributed by atoms with van der Waals surface area (Å²) in [6, 6.07) is 8.96. The Kier molecular flexibility index (Phi) is 3.06. The molecule has 0 aliphatic carbocycles. The van der Waals surface area contributed by atoms with Crippen molar-refractivity contribution in [2.45, 2.75) is 6.92 Å². The molecule has 24 heavy (non-hydrogen) atoms. The van der Waals surface area contributed by atoms with Gasteiger partial charge in [-0.1, -0.05) is 6.07 Å². The van der Waals surface area contributed by atoms with Gasteiger partial charge in [0.15, 0.2) is 11.5 Å². The quantitative estimate of drug-likeness (QED) is 0.465. The lowest BCUT2D eigenvalue weighted by atomic mass is 10.1. The number of H-pyrrole nitrogens is 1. The molecule has 1 aliphatic heterocycles. The molecule has 6 nitrogen and oxygen atoms in total. The number of ketones is 1. The second kappa shape index (κ2) is 5.13. The Bertz CT molecular complexity index is 981. The van der Waals surface area contributed by atoms with Gasteiger partial charge in [-0.15, -0.1) is 0 Å². The number of benzene rings is 1. The van der Waals surface area contributed by atoms with Crippen molar-refractivity contribution < 1.29 is 19.1 Å². The summed E-state index contributed by atoms with van der Waals surface area (Å²) in [6.07, 6.45) is 3.64. The smallest absolute Gasteiger partial charge is 0.308 e. The van der Waals surface area contributed by atoms with E-state index in [-0.39, 0.29) is 5.78 Å². The number of hydrogen-bond donors (Lipinski definition) is 1. The van der Waals surface area contributed by atoms with Gasteiger partial charge in [0, 0.05) is 24.9 Å². The number of aromatic nitrogens is 2. The largest absolute Gasteiger partial charge is 0.493 e. The van der Waals surface area contributed by atoms with Crippen molar-refractivity contribution in [1.29, 1.82) is 0 Å². The van der Waals surface area contributed by atoms with Gasteiger partial charge in [0.2, 0.25) is 5.78 Å². The van der Waals surface area contributed by atoms with E-state index < -0.39 is 5.97 Å². The number of fused-ring (bicyclic) bond motifs is 3. The molecular formula is C18H14N2O4. The summed E-state index contributed by atoms with van der Waals surface area (Å²) in [6.45, 7) is 1.34. The van der Waals surface area contributed by atoms with Gasteiger partial charge in [-0.05, 0) is 29.8 Å². The van der Waals surface area contributed by atoms with Crippen molar-refractivity contribution in [3.8, 4) is 28.3 Å². The van der Waals surface area contributed by atoms with Crippen molar-refractivity contribution in [3.63, 3.8) is 0 Å². The summed E-state index contributed by atoms with van der Waals surface area (Å²) in [5.41, 5.74) is 3.67. The number of methoxy groups -OCH3 is 1. The van der Waals surface area contributed by atoms with E-state index in [1.807, 2.05) is 22.9 Å². The van der Waals surface area contributed by atoms with Gasteiger partial charge < -0.3 is 19.0 Å². The second-order valence-electron chi connectivity index (χ2n) is 5.48. The lowest BCUT2D eigenvalue weighted by Gasteiger charge is -2.10. The second-order valence-corrected chi connectivity index (χ2v) is 5.48. The monoisotopic (exact) mass is 322 g/mol. The molecule has 3 heterocycles. The van der Waals surface area contributed by atoms with Crippen LogP contribution >= 0.6 is 0 Å². The number of hydrogen-bond acceptors (Lipinski definition) is 4. The van der Waals surface area contributed by atoms with Gasteiger partial charge in [-0.2, -0.15) is 0 Å². The Labute approximate surface area is 137 Å². The summed E-state index contributed by atoms with van der Waals surface area (Å²) in [4.78, 5) is 26.7. The van der Waals surface area contributed by atoms with Crippen LogP contribution in [0.4, 0.5) is 0 Å². The zero-order valence-corrected chi connectivity index (χ0v) is 13.1. The molecule has 120 valence electrons. The molecular weight excluding hydrogens is 308 g/mol. The van der Waals surface area contributed by atoms with Crippen LogP contribution in [0.15, 0.2) is 42.7 Å². The number of carbonyl (C=O) groups excluding carboxylic acids is 2. The van der Waals surface area contributed by atoms with E-state index >= 15 is 0 Å². The van der Waals surface area contributed by atoms with Crippen molar-refractivity contribution in [1.82, 2.24) is 9.55 Å². The molecule has 4 rings (SSSR count). The fourth-order valence-corrected chi connectivity index (χ4v) is 3.03. The highest BCUT2D eigenvalue weighted by atomic mass is 16.6. The number of nitrogens with zero attached hydrogens (tertiary/aromatic N) is 1. The third kappa shape index (κ3) is 1.96. The van der Waals surface area contributed by atoms with E-state index in [9.17, 15) is 9.59 Å². The maximum Gasteiger partial charge on any atom is 0.308 e. The van der Waals surface area contributed by atoms with Crippen LogP contribution in [-0.4, -0.2) is 28.4 Å². The highest BCUT2D eigenvalue weighted by Crippen LogP contribution is 2.39. The lowest BCUT2D eigenvalue weighted by molar-refractivity contribution is -0.132. The molecule has 0 radical (unpaired) electrons. The molecule has 6 heteroatoms. The minimum Gasteiger partial charge on any atom is -0.493 e. The number of ether oxygens (including phenoxy) is 2. The van der Waals surface area contributed by atoms with E-state index in [0.717, 1.165) is 16.8 Å². The molecule has 0 saturated heterocycles. The molecule has 0 atom stereocenters. The van der Waals surface area contributed by atoms with Crippen LogP contribution in [0.2, 0.25) is 0 Å². The van der Waals surface area contributed by atoms with E-state index in [0.29, 0.717) is 22.9 Å². The Hall–Kier alpha value is -3.28. The van der Waals surface area contributed by atoms with Gasteiger partial charge in [-0.3, -0.25) is 9.59 Å². The summed E-state index contributed by atoms with van der Waals surface area (Å²) in [7, 11) is 1.51. The van der Waals surface area contributed by atoms with Crippen LogP contribution in [0, 0.1) is 0 Å². The van der Waals surface area contributed by atoms with Crippen LogP contribution in [0.3, 0.4) is 0 Å². The van der Waals surface area contributed by atoms with Crippen molar-refractivity contribution in [2.75, 3.05) is 7.11 Å². The summed E-state index contributed by atoms with van der Waals surface area (Å²) < 4.78 is 12.3. The van der Waals surface area contributed by atoms with E-state index in [2.05, 4.69) is 4.98 Å². The molecule has 1 aromatic carbocycles. The third-order valence-corrected chi connectivity index (χ3v) is 4.03. The first-order valence-corrected chi connectivity index (χ1v) is 7.41. The summed E-state index contributed by atoms with van der Waals surface area (Å²) in [5.74, 6) is 0.357. The molecule has 3 aromatic rings. The van der Waals surface area contributed by atoms with Crippen LogP contribution < -0.4 is 9.47 Å². The van der Waals surface area contributed by atoms with Gasteiger partial charge in [0.05, 0.1) is 18.5 Å². The van der Waals surface area contributed by atoms with Gasteiger partial charge in [0.1, 0.15) is 5.69 Å². The van der Waals surface area contributed by atoms with Crippen LogP contribution in [0.25, 0.3) is 16.8 Å². The van der Waals surface area contributed by atoms with Gasteiger partial charge in [0.25, 0.3) is 0 Å². The van der Waals surface area contributed by atoms with E-state index in [1.54, 1.807) is 24.4 Å². The Morgan fingerprint density at radius 3 is 2.79 bits per heavy atom. The minimum absolute atomic E-state index is 0.0324. The SMILES string of the molecule is COc1ccc(-c2c[nH]c3c2-n2cccc2C3=O)cc1OC(C)=O. The highest BCUT2D eigenvalue weighted by Gasteiger charge is 2.30. The molecule has 1 aliphatic rings. The molecule has 0 bridgehead atoms. The fourth-order valence-electron chi connectivity index (χ4n) is 3.03. The molecule has 0 unspecified atom stereocenters. The van der Waals surface area contributed by atoms with Crippen LogP contribution in [-0.2, 0) is 4.79 Å². The maximum atomic E-state index is 12.4. The van der Waals surface area contributed by atoms with Crippen molar-refractivity contribution >= 4 is 11.8 Å². The van der Waals surface area contributed by atoms with Crippen LogP contribution in [0.1, 0.15) is 23.1 Å². The number of esters is 1. The molecule has 0 spiro atoms. The first-order valence-electron chi connectivity index (χ1n) is 7.41. The zero-order chi connectivity index (χ0) is 16.8. The molecule has 0 amide bonds. The normalized spacial score (nSPS) is 12.0. The van der Waals surface area contributed by atoms with E-state index in [1.165, 1.54) is 14.0 Å².